The highest BCUT2D eigenvalue weighted by Gasteiger charge is 2.05. The zero-order valence-electron chi connectivity index (χ0n) is 8.02. The minimum atomic E-state index is -0.0646. The Labute approximate surface area is 86.9 Å². The van der Waals surface area contributed by atoms with Crippen molar-refractivity contribution in [2.45, 2.75) is 0 Å². The van der Waals surface area contributed by atoms with Gasteiger partial charge in [0.2, 0.25) is 0 Å². The van der Waals surface area contributed by atoms with Crippen molar-refractivity contribution in [3.63, 3.8) is 0 Å². The maximum absolute atomic E-state index is 11.5. The van der Waals surface area contributed by atoms with Crippen LogP contribution in [-0.4, -0.2) is 24.8 Å². The predicted molar refractivity (Wildman–Crippen MR) is 56.2 cm³/mol. The summed E-state index contributed by atoms with van der Waals surface area (Å²) in [4.78, 5) is 14.4. The van der Waals surface area contributed by atoms with Gasteiger partial charge in [-0.15, -0.1) is 11.3 Å². The van der Waals surface area contributed by atoms with Crippen LogP contribution in [0.3, 0.4) is 0 Å². The molecule has 1 rings (SSSR count). The van der Waals surface area contributed by atoms with Crippen molar-refractivity contribution in [1.82, 2.24) is 4.90 Å². The van der Waals surface area contributed by atoms with Gasteiger partial charge in [0.15, 0.2) is 5.78 Å². The minimum Gasteiger partial charge on any atom is -0.383 e. The largest absolute Gasteiger partial charge is 0.383 e. The lowest BCUT2D eigenvalue weighted by atomic mass is 10.3. The first-order chi connectivity index (χ1) is 6.63. The Morgan fingerprint density at radius 1 is 1.57 bits per heavy atom. The molecule has 1 heterocycles. The molecule has 0 N–H and O–H groups in total. The van der Waals surface area contributed by atoms with E-state index in [1.807, 2.05) is 20.2 Å². The first-order valence-corrected chi connectivity index (χ1v) is 4.84. The normalized spacial score (nSPS) is 10.1. The van der Waals surface area contributed by atoms with Crippen molar-refractivity contribution in [3.05, 3.63) is 34.2 Å². The molecule has 0 radical (unpaired) electrons. The van der Waals surface area contributed by atoms with Crippen LogP contribution in [0.2, 0.25) is 0 Å². The SMILES string of the molecule is CN(C)/C=C/C(=O)c1ccc(C#N)s1. The van der Waals surface area contributed by atoms with Crippen LogP contribution in [-0.2, 0) is 0 Å². The van der Waals surface area contributed by atoms with Crippen molar-refractivity contribution < 1.29 is 4.79 Å². The Balaban J connectivity index is 2.76. The van der Waals surface area contributed by atoms with Crippen LogP contribution >= 0.6 is 11.3 Å². The van der Waals surface area contributed by atoms with Gasteiger partial charge in [0.1, 0.15) is 10.9 Å². The quantitative estimate of drug-likeness (QED) is 0.560. The topological polar surface area (TPSA) is 44.1 Å². The molecule has 0 spiro atoms. The maximum Gasteiger partial charge on any atom is 0.197 e. The summed E-state index contributed by atoms with van der Waals surface area (Å²) < 4.78 is 0. The molecule has 0 atom stereocenters. The number of nitrogens with zero attached hydrogens (tertiary/aromatic N) is 2. The average molecular weight is 206 g/mol. The summed E-state index contributed by atoms with van der Waals surface area (Å²) in [5, 5.41) is 8.57. The van der Waals surface area contributed by atoms with Crippen molar-refractivity contribution >= 4 is 17.1 Å². The molecule has 4 heteroatoms. The van der Waals surface area contributed by atoms with Crippen LogP contribution < -0.4 is 0 Å². The fourth-order valence-electron chi connectivity index (χ4n) is 0.829. The van der Waals surface area contributed by atoms with Gasteiger partial charge in [0, 0.05) is 26.4 Å². The van der Waals surface area contributed by atoms with Crippen molar-refractivity contribution in [2.24, 2.45) is 0 Å². The summed E-state index contributed by atoms with van der Waals surface area (Å²) in [5.41, 5.74) is 0. The van der Waals surface area contributed by atoms with E-state index in [4.69, 9.17) is 5.26 Å². The number of hydrogen-bond donors (Lipinski definition) is 0. The molecule has 1 aromatic rings. The summed E-state index contributed by atoms with van der Waals surface area (Å²) in [7, 11) is 3.69. The summed E-state index contributed by atoms with van der Waals surface area (Å²) in [6.07, 6.45) is 3.18. The van der Waals surface area contributed by atoms with E-state index in [2.05, 4.69) is 0 Å². The maximum atomic E-state index is 11.5. The fraction of sp³-hybridized carbons (Fsp3) is 0.200. The van der Waals surface area contributed by atoms with Crippen LogP contribution in [0.15, 0.2) is 24.4 Å². The molecule has 0 amide bonds. The Hall–Kier alpha value is -1.60. The van der Waals surface area contributed by atoms with E-state index in [0.717, 1.165) is 0 Å². The Kier molecular flexibility index (Phi) is 3.43. The van der Waals surface area contributed by atoms with Crippen molar-refractivity contribution in [1.29, 1.82) is 5.26 Å². The number of allylic oxidation sites excluding steroid dienone is 1. The molecule has 3 nitrogen and oxygen atoms in total. The van der Waals surface area contributed by atoms with Gasteiger partial charge in [-0.25, -0.2) is 0 Å². The third kappa shape index (κ3) is 2.71. The molecule has 0 fully saturated rings. The average Bonchev–Trinajstić information content (AvgIpc) is 2.62. The Morgan fingerprint density at radius 2 is 2.29 bits per heavy atom. The Morgan fingerprint density at radius 3 is 2.79 bits per heavy atom. The number of carbonyl (C=O) groups is 1. The van der Waals surface area contributed by atoms with E-state index in [0.29, 0.717) is 9.75 Å². The lowest BCUT2D eigenvalue weighted by Crippen LogP contribution is -2.02. The van der Waals surface area contributed by atoms with E-state index in [-0.39, 0.29) is 5.78 Å². The number of nitriles is 1. The van der Waals surface area contributed by atoms with Gasteiger partial charge in [-0.1, -0.05) is 0 Å². The standard InChI is InChI=1S/C10H10N2OS/c1-12(2)6-5-9(13)10-4-3-8(7-11)14-10/h3-6H,1-2H3/b6-5+. The van der Waals surface area contributed by atoms with Crippen LogP contribution in [0.4, 0.5) is 0 Å². The van der Waals surface area contributed by atoms with Crippen LogP contribution in [0, 0.1) is 11.3 Å². The van der Waals surface area contributed by atoms with Gasteiger partial charge in [-0.2, -0.15) is 5.26 Å². The smallest absolute Gasteiger partial charge is 0.197 e. The molecule has 1 aromatic heterocycles. The van der Waals surface area contributed by atoms with Gasteiger partial charge in [0.05, 0.1) is 4.88 Å². The molecule has 0 bridgehead atoms. The van der Waals surface area contributed by atoms with Gasteiger partial charge in [0.25, 0.3) is 0 Å². The highest BCUT2D eigenvalue weighted by Crippen LogP contribution is 2.16. The molecule has 0 aliphatic heterocycles. The first-order valence-electron chi connectivity index (χ1n) is 4.02. The molecule has 0 unspecified atom stereocenters. The number of thiophene rings is 1. The van der Waals surface area contributed by atoms with E-state index in [1.165, 1.54) is 17.4 Å². The molecule has 14 heavy (non-hydrogen) atoms. The molecule has 0 saturated carbocycles. The number of rotatable bonds is 3. The second-order valence-electron chi connectivity index (χ2n) is 2.92. The Bertz CT molecular complexity index is 398. The lowest BCUT2D eigenvalue weighted by molar-refractivity contribution is 0.104. The zero-order chi connectivity index (χ0) is 10.6. The highest BCUT2D eigenvalue weighted by atomic mass is 32.1. The summed E-state index contributed by atoms with van der Waals surface area (Å²) in [6.45, 7) is 0. The molecule has 0 aliphatic carbocycles. The van der Waals surface area contributed by atoms with Crippen LogP contribution in [0.25, 0.3) is 0 Å². The monoisotopic (exact) mass is 206 g/mol. The van der Waals surface area contributed by atoms with E-state index < -0.39 is 0 Å². The third-order valence-electron chi connectivity index (χ3n) is 1.48. The second-order valence-corrected chi connectivity index (χ2v) is 4.00. The zero-order valence-corrected chi connectivity index (χ0v) is 8.84. The minimum absolute atomic E-state index is 0.0646. The van der Waals surface area contributed by atoms with Crippen molar-refractivity contribution in [2.75, 3.05) is 14.1 Å². The molecule has 72 valence electrons. The van der Waals surface area contributed by atoms with E-state index >= 15 is 0 Å². The predicted octanol–water partition coefficient (Wildman–Crippen LogP) is 1.88. The molecular weight excluding hydrogens is 196 g/mol. The second kappa shape index (κ2) is 4.58. The lowest BCUT2D eigenvalue weighted by Gasteiger charge is -2.01. The van der Waals surface area contributed by atoms with E-state index in [1.54, 1.807) is 23.2 Å². The highest BCUT2D eigenvalue weighted by molar-refractivity contribution is 7.14. The number of carbonyl (C=O) groups excluding carboxylic acids is 1. The molecular formula is C10H10N2OS. The van der Waals surface area contributed by atoms with Crippen LogP contribution in [0.5, 0.6) is 0 Å². The molecule has 0 aromatic carbocycles. The first kappa shape index (κ1) is 10.5. The number of ketones is 1. The van der Waals surface area contributed by atoms with Gasteiger partial charge < -0.3 is 4.90 Å². The molecule has 0 aliphatic rings. The van der Waals surface area contributed by atoms with Crippen LogP contribution in [0.1, 0.15) is 14.5 Å². The summed E-state index contributed by atoms with van der Waals surface area (Å²) in [5.74, 6) is -0.0646. The van der Waals surface area contributed by atoms with Gasteiger partial charge >= 0.3 is 0 Å². The van der Waals surface area contributed by atoms with Gasteiger partial charge in [-0.05, 0) is 12.1 Å². The number of hydrogen-bond acceptors (Lipinski definition) is 4. The van der Waals surface area contributed by atoms with E-state index in [9.17, 15) is 4.79 Å². The summed E-state index contributed by atoms with van der Waals surface area (Å²) in [6, 6.07) is 5.33. The van der Waals surface area contributed by atoms with Crippen molar-refractivity contribution in [3.8, 4) is 6.07 Å². The third-order valence-corrected chi connectivity index (χ3v) is 2.49. The fourth-order valence-corrected chi connectivity index (χ4v) is 1.55. The summed E-state index contributed by atoms with van der Waals surface area (Å²) >= 11 is 1.21. The van der Waals surface area contributed by atoms with Gasteiger partial charge in [-0.3, -0.25) is 4.79 Å². The molecule has 0 saturated heterocycles.